The highest BCUT2D eigenvalue weighted by atomic mass is 16.5. The minimum Gasteiger partial charge on any atom is -0.496 e. The molecular weight excluding hydrogens is 274 g/mol. The van der Waals surface area contributed by atoms with E-state index in [0.29, 0.717) is 6.54 Å². The Morgan fingerprint density at radius 1 is 1.27 bits per heavy atom. The number of hydrogen-bond donors (Lipinski definition) is 1. The van der Waals surface area contributed by atoms with Gasteiger partial charge in [-0.1, -0.05) is 32.9 Å². The molecular formula is C18H27N3O. The quantitative estimate of drug-likeness (QED) is 0.944. The molecule has 4 nitrogen and oxygen atoms in total. The van der Waals surface area contributed by atoms with Crippen molar-refractivity contribution in [2.75, 3.05) is 13.7 Å². The van der Waals surface area contributed by atoms with Crippen molar-refractivity contribution in [2.24, 2.45) is 12.8 Å². The maximum absolute atomic E-state index is 6.07. The zero-order valence-corrected chi connectivity index (χ0v) is 14.5. The average molecular weight is 301 g/mol. The van der Waals surface area contributed by atoms with Crippen molar-refractivity contribution in [1.29, 1.82) is 0 Å². The number of aryl methyl sites for hydroxylation is 2. The third kappa shape index (κ3) is 3.17. The Kier molecular flexibility index (Phi) is 4.61. The molecule has 4 heteroatoms. The van der Waals surface area contributed by atoms with Crippen molar-refractivity contribution in [2.45, 2.75) is 39.0 Å². The summed E-state index contributed by atoms with van der Waals surface area (Å²) in [6, 6.07) is 8.43. The summed E-state index contributed by atoms with van der Waals surface area (Å²) in [4.78, 5) is 0. The van der Waals surface area contributed by atoms with E-state index in [4.69, 9.17) is 10.5 Å². The summed E-state index contributed by atoms with van der Waals surface area (Å²) < 4.78 is 7.30. The molecule has 1 aromatic heterocycles. The fraction of sp³-hybridized carbons (Fsp3) is 0.500. The molecule has 1 heterocycles. The van der Waals surface area contributed by atoms with Crippen LogP contribution >= 0.6 is 0 Å². The van der Waals surface area contributed by atoms with E-state index in [0.717, 1.165) is 22.7 Å². The molecule has 2 rings (SSSR count). The summed E-state index contributed by atoms with van der Waals surface area (Å²) in [6.07, 6.45) is 0. The molecule has 0 radical (unpaired) electrons. The van der Waals surface area contributed by atoms with Crippen LogP contribution in [0.5, 0.6) is 5.75 Å². The number of nitrogens with two attached hydrogens (primary N) is 1. The first-order valence-corrected chi connectivity index (χ1v) is 7.67. The van der Waals surface area contributed by atoms with Crippen LogP contribution < -0.4 is 10.5 Å². The van der Waals surface area contributed by atoms with E-state index in [-0.39, 0.29) is 11.3 Å². The van der Waals surface area contributed by atoms with Gasteiger partial charge in [-0.3, -0.25) is 4.68 Å². The molecule has 22 heavy (non-hydrogen) atoms. The van der Waals surface area contributed by atoms with Gasteiger partial charge in [0.2, 0.25) is 0 Å². The molecule has 2 aromatic rings. The van der Waals surface area contributed by atoms with Gasteiger partial charge in [0, 0.05) is 30.6 Å². The first-order chi connectivity index (χ1) is 10.3. The van der Waals surface area contributed by atoms with Gasteiger partial charge >= 0.3 is 0 Å². The molecule has 120 valence electrons. The van der Waals surface area contributed by atoms with E-state index in [1.165, 1.54) is 5.56 Å². The molecule has 0 saturated heterocycles. The molecule has 0 saturated carbocycles. The van der Waals surface area contributed by atoms with Crippen LogP contribution in [0.1, 0.15) is 49.2 Å². The van der Waals surface area contributed by atoms with Crippen molar-refractivity contribution >= 4 is 0 Å². The maximum atomic E-state index is 6.07. The average Bonchev–Trinajstić information content (AvgIpc) is 2.82. The predicted molar refractivity (Wildman–Crippen MR) is 90.5 cm³/mol. The number of benzene rings is 1. The van der Waals surface area contributed by atoms with Gasteiger partial charge in [0.25, 0.3) is 0 Å². The summed E-state index contributed by atoms with van der Waals surface area (Å²) in [5, 5.41) is 4.67. The van der Waals surface area contributed by atoms with E-state index in [1.807, 2.05) is 17.8 Å². The second-order valence-electron chi connectivity index (χ2n) is 6.85. The second-order valence-corrected chi connectivity index (χ2v) is 6.85. The maximum Gasteiger partial charge on any atom is 0.121 e. The van der Waals surface area contributed by atoms with Gasteiger partial charge in [0.1, 0.15) is 5.75 Å². The van der Waals surface area contributed by atoms with Gasteiger partial charge in [-0.15, -0.1) is 0 Å². The van der Waals surface area contributed by atoms with Gasteiger partial charge in [0.05, 0.1) is 12.8 Å². The molecule has 0 aliphatic rings. The first-order valence-electron chi connectivity index (χ1n) is 7.67. The molecule has 1 unspecified atom stereocenters. The van der Waals surface area contributed by atoms with Crippen LogP contribution in [0.4, 0.5) is 0 Å². The lowest BCUT2D eigenvalue weighted by molar-refractivity contribution is 0.411. The Morgan fingerprint density at radius 3 is 2.41 bits per heavy atom. The molecule has 0 amide bonds. The molecule has 0 bridgehead atoms. The van der Waals surface area contributed by atoms with Crippen LogP contribution in [0.3, 0.4) is 0 Å². The van der Waals surface area contributed by atoms with Crippen molar-refractivity contribution in [3.8, 4) is 5.75 Å². The Morgan fingerprint density at radius 2 is 1.95 bits per heavy atom. The Labute approximate surface area is 133 Å². The minimum absolute atomic E-state index is 0.0327. The lowest BCUT2D eigenvalue weighted by atomic mass is 9.89. The molecule has 0 fully saturated rings. The Balaban J connectivity index is 2.44. The summed E-state index contributed by atoms with van der Waals surface area (Å²) in [5.41, 5.74) is 10.7. The summed E-state index contributed by atoms with van der Waals surface area (Å²) in [6.45, 7) is 9.13. The largest absolute Gasteiger partial charge is 0.496 e. The van der Waals surface area contributed by atoms with Crippen LogP contribution in [0.15, 0.2) is 24.3 Å². The normalized spacial score (nSPS) is 13.2. The summed E-state index contributed by atoms with van der Waals surface area (Å²) >= 11 is 0. The van der Waals surface area contributed by atoms with Crippen LogP contribution in [0.25, 0.3) is 0 Å². The third-order valence-electron chi connectivity index (χ3n) is 4.10. The molecule has 2 N–H and O–H groups in total. The fourth-order valence-electron chi connectivity index (χ4n) is 2.72. The highest BCUT2D eigenvalue weighted by molar-refractivity contribution is 5.40. The minimum atomic E-state index is 0.0327. The lowest BCUT2D eigenvalue weighted by Gasteiger charge is -2.17. The van der Waals surface area contributed by atoms with E-state index in [2.05, 4.69) is 51.0 Å². The first kappa shape index (κ1) is 16.6. The number of hydrogen-bond acceptors (Lipinski definition) is 3. The number of ether oxygens (including phenoxy) is 1. The molecule has 0 aliphatic carbocycles. The third-order valence-corrected chi connectivity index (χ3v) is 4.10. The van der Waals surface area contributed by atoms with Crippen molar-refractivity contribution in [1.82, 2.24) is 9.78 Å². The smallest absolute Gasteiger partial charge is 0.121 e. The van der Waals surface area contributed by atoms with Crippen LogP contribution in [0.2, 0.25) is 0 Å². The Hall–Kier alpha value is -1.81. The fourth-order valence-corrected chi connectivity index (χ4v) is 2.72. The van der Waals surface area contributed by atoms with Gasteiger partial charge < -0.3 is 10.5 Å². The zero-order valence-electron chi connectivity index (χ0n) is 14.5. The topological polar surface area (TPSA) is 53.1 Å². The van der Waals surface area contributed by atoms with Crippen LogP contribution in [0, 0.1) is 6.92 Å². The molecule has 1 aromatic carbocycles. The van der Waals surface area contributed by atoms with Crippen molar-refractivity contribution in [3.05, 3.63) is 46.8 Å². The zero-order chi connectivity index (χ0) is 16.5. The number of aromatic nitrogens is 2. The van der Waals surface area contributed by atoms with Gasteiger partial charge in [-0.2, -0.15) is 5.10 Å². The number of nitrogens with zero attached hydrogens (tertiary/aromatic N) is 2. The standard InChI is InChI=1S/C18H27N3O/c1-12-9-13(7-8-16(12)22-6)14(11-19)15-10-17(18(2,3)4)20-21(15)5/h7-10,14H,11,19H2,1-6H3. The second kappa shape index (κ2) is 6.13. The predicted octanol–water partition coefficient (Wildman–Crippen LogP) is 3.13. The molecule has 0 spiro atoms. The van der Waals surface area contributed by atoms with Crippen LogP contribution in [-0.2, 0) is 12.5 Å². The van der Waals surface area contributed by atoms with E-state index >= 15 is 0 Å². The monoisotopic (exact) mass is 301 g/mol. The Bertz CT molecular complexity index is 653. The molecule has 0 aliphatic heterocycles. The molecule has 1 atom stereocenters. The number of rotatable bonds is 4. The van der Waals surface area contributed by atoms with Gasteiger partial charge in [0.15, 0.2) is 0 Å². The van der Waals surface area contributed by atoms with Gasteiger partial charge in [-0.05, 0) is 30.2 Å². The van der Waals surface area contributed by atoms with Gasteiger partial charge in [-0.25, -0.2) is 0 Å². The van der Waals surface area contributed by atoms with Crippen LogP contribution in [-0.4, -0.2) is 23.4 Å². The number of methoxy groups -OCH3 is 1. The highest BCUT2D eigenvalue weighted by Gasteiger charge is 2.23. The van der Waals surface area contributed by atoms with E-state index in [9.17, 15) is 0 Å². The lowest BCUT2D eigenvalue weighted by Crippen LogP contribution is -2.17. The highest BCUT2D eigenvalue weighted by Crippen LogP contribution is 2.30. The summed E-state index contributed by atoms with van der Waals surface area (Å²) in [5.74, 6) is 1.04. The summed E-state index contributed by atoms with van der Waals surface area (Å²) in [7, 11) is 3.68. The van der Waals surface area contributed by atoms with Crippen molar-refractivity contribution in [3.63, 3.8) is 0 Å². The van der Waals surface area contributed by atoms with E-state index in [1.54, 1.807) is 7.11 Å². The SMILES string of the molecule is COc1ccc(C(CN)c2cc(C(C)(C)C)nn2C)cc1C. The van der Waals surface area contributed by atoms with E-state index < -0.39 is 0 Å². The van der Waals surface area contributed by atoms with Crippen molar-refractivity contribution < 1.29 is 4.74 Å².